The Balaban J connectivity index is 1.97. The molecule has 0 unspecified atom stereocenters. The van der Waals surface area contributed by atoms with E-state index in [0.29, 0.717) is 21.5 Å². The van der Waals surface area contributed by atoms with Crippen molar-refractivity contribution in [2.45, 2.75) is 6.92 Å². The topological polar surface area (TPSA) is 81.7 Å². The zero-order chi connectivity index (χ0) is 18.4. The first-order chi connectivity index (χ1) is 11.9. The van der Waals surface area contributed by atoms with Crippen LogP contribution in [0.1, 0.15) is 27.6 Å². The third kappa shape index (κ3) is 4.90. The summed E-state index contributed by atoms with van der Waals surface area (Å²) in [6.07, 6.45) is 0. The van der Waals surface area contributed by atoms with E-state index >= 15 is 0 Å². The number of carbonyl (C=O) groups excluding carboxylic acids is 3. The number of benzene rings is 2. The molecule has 0 fully saturated rings. The highest BCUT2D eigenvalue weighted by Gasteiger charge is 2.14. The van der Waals surface area contributed by atoms with Gasteiger partial charge in [-0.15, -0.1) is 0 Å². The first-order valence-corrected chi connectivity index (χ1v) is 8.12. The number of anilines is 1. The number of rotatable bonds is 6. The molecule has 0 aliphatic carbocycles. The number of carbonyl (C=O) groups is 3. The second-order valence-electron chi connectivity index (χ2n) is 5.08. The Morgan fingerprint density at radius 3 is 2.48 bits per heavy atom. The summed E-state index contributed by atoms with van der Waals surface area (Å²) in [6.45, 7) is 0.946. The van der Waals surface area contributed by atoms with Crippen LogP contribution in [-0.2, 0) is 9.53 Å². The standard InChI is InChI=1S/C18H16BrNO5/c1-11(21)13-5-3-4-6-15(13)20-17(22)10-25-18(23)12-7-8-16(24-2)14(19)9-12/h3-9H,10H2,1-2H3,(H,20,22). The monoisotopic (exact) mass is 405 g/mol. The SMILES string of the molecule is COc1ccc(C(=O)OCC(=O)Nc2ccccc2C(C)=O)cc1Br. The maximum absolute atomic E-state index is 12.0. The fourth-order valence-electron chi connectivity index (χ4n) is 2.09. The molecular weight excluding hydrogens is 390 g/mol. The van der Waals surface area contributed by atoms with Crippen molar-refractivity contribution >= 4 is 39.3 Å². The van der Waals surface area contributed by atoms with Crippen molar-refractivity contribution in [3.63, 3.8) is 0 Å². The lowest BCUT2D eigenvalue weighted by Crippen LogP contribution is -2.22. The smallest absolute Gasteiger partial charge is 0.338 e. The van der Waals surface area contributed by atoms with E-state index < -0.39 is 18.5 Å². The number of hydrogen-bond acceptors (Lipinski definition) is 5. The molecule has 0 aliphatic rings. The molecule has 7 heteroatoms. The Labute approximate surface area is 153 Å². The van der Waals surface area contributed by atoms with E-state index in [1.54, 1.807) is 36.4 Å². The molecular formula is C18H16BrNO5. The summed E-state index contributed by atoms with van der Waals surface area (Å²) < 4.78 is 10.7. The van der Waals surface area contributed by atoms with E-state index in [1.165, 1.54) is 20.1 Å². The molecule has 25 heavy (non-hydrogen) atoms. The van der Waals surface area contributed by atoms with Gasteiger partial charge < -0.3 is 14.8 Å². The molecule has 130 valence electrons. The molecule has 0 aromatic heterocycles. The molecule has 0 spiro atoms. The van der Waals surface area contributed by atoms with Crippen LogP contribution in [0.3, 0.4) is 0 Å². The first-order valence-electron chi connectivity index (χ1n) is 7.33. The highest BCUT2D eigenvalue weighted by atomic mass is 79.9. The number of ketones is 1. The molecule has 2 aromatic rings. The average molecular weight is 406 g/mol. The summed E-state index contributed by atoms with van der Waals surface area (Å²) in [4.78, 5) is 35.5. The van der Waals surface area contributed by atoms with Crippen LogP contribution in [0.25, 0.3) is 0 Å². The molecule has 0 saturated carbocycles. The molecule has 0 atom stereocenters. The fourth-order valence-corrected chi connectivity index (χ4v) is 2.63. The number of ether oxygens (including phenoxy) is 2. The van der Waals surface area contributed by atoms with E-state index in [0.717, 1.165) is 0 Å². The number of hydrogen-bond donors (Lipinski definition) is 1. The lowest BCUT2D eigenvalue weighted by Gasteiger charge is -2.10. The predicted octanol–water partition coefficient (Wildman–Crippen LogP) is 3.46. The molecule has 1 amide bonds. The maximum atomic E-state index is 12.0. The van der Waals surface area contributed by atoms with Crippen LogP contribution in [0.2, 0.25) is 0 Å². The van der Waals surface area contributed by atoms with Crippen LogP contribution >= 0.6 is 15.9 Å². The van der Waals surface area contributed by atoms with Crippen LogP contribution in [0, 0.1) is 0 Å². The third-order valence-electron chi connectivity index (χ3n) is 3.30. The molecule has 0 radical (unpaired) electrons. The Kier molecular flexibility index (Phi) is 6.30. The minimum absolute atomic E-state index is 0.170. The fraction of sp³-hybridized carbons (Fsp3) is 0.167. The van der Waals surface area contributed by atoms with Crippen LogP contribution in [0.5, 0.6) is 5.75 Å². The van der Waals surface area contributed by atoms with Gasteiger partial charge in [-0.05, 0) is 53.2 Å². The molecule has 6 nitrogen and oxygen atoms in total. The number of nitrogens with one attached hydrogen (secondary N) is 1. The first kappa shape index (κ1) is 18.7. The van der Waals surface area contributed by atoms with Crippen molar-refractivity contribution < 1.29 is 23.9 Å². The molecule has 0 heterocycles. The van der Waals surface area contributed by atoms with Gasteiger partial charge in [0.2, 0.25) is 0 Å². The summed E-state index contributed by atoms with van der Waals surface area (Å²) in [5.41, 5.74) is 1.05. The Morgan fingerprint density at radius 1 is 1.12 bits per heavy atom. The molecule has 1 N–H and O–H groups in total. The predicted molar refractivity (Wildman–Crippen MR) is 96.1 cm³/mol. The largest absolute Gasteiger partial charge is 0.496 e. The van der Waals surface area contributed by atoms with Gasteiger partial charge in [0.1, 0.15) is 5.75 Å². The minimum Gasteiger partial charge on any atom is -0.496 e. The van der Waals surface area contributed by atoms with Crippen molar-refractivity contribution in [2.75, 3.05) is 19.0 Å². The van der Waals surface area contributed by atoms with Gasteiger partial charge in [-0.25, -0.2) is 4.79 Å². The molecule has 0 saturated heterocycles. The van der Waals surface area contributed by atoms with Crippen molar-refractivity contribution in [1.29, 1.82) is 0 Å². The molecule has 2 rings (SSSR count). The van der Waals surface area contributed by atoms with Crippen LogP contribution < -0.4 is 10.1 Å². The van der Waals surface area contributed by atoms with Gasteiger partial charge in [-0.1, -0.05) is 12.1 Å². The van der Waals surface area contributed by atoms with Crippen molar-refractivity contribution in [3.05, 3.63) is 58.1 Å². The third-order valence-corrected chi connectivity index (χ3v) is 3.92. The lowest BCUT2D eigenvalue weighted by molar-refractivity contribution is -0.119. The van der Waals surface area contributed by atoms with E-state index in [1.807, 2.05) is 0 Å². The molecule has 0 bridgehead atoms. The number of Topliss-reactive ketones (excluding diaryl/α,β-unsaturated/α-hetero) is 1. The Hall–Kier alpha value is -2.67. The van der Waals surface area contributed by atoms with Gasteiger partial charge in [0.25, 0.3) is 5.91 Å². The lowest BCUT2D eigenvalue weighted by atomic mass is 10.1. The van der Waals surface area contributed by atoms with Gasteiger partial charge in [0.05, 0.1) is 22.8 Å². The van der Waals surface area contributed by atoms with Gasteiger partial charge in [-0.2, -0.15) is 0 Å². The van der Waals surface area contributed by atoms with Gasteiger partial charge >= 0.3 is 5.97 Å². The minimum atomic E-state index is -0.640. The van der Waals surface area contributed by atoms with Crippen molar-refractivity contribution in [1.82, 2.24) is 0 Å². The summed E-state index contributed by atoms with van der Waals surface area (Å²) in [7, 11) is 1.52. The van der Waals surface area contributed by atoms with E-state index in [9.17, 15) is 14.4 Å². The van der Waals surface area contributed by atoms with E-state index in [-0.39, 0.29) is 11.3 Å². The Morgan fingerprint density at radius 2 is 1.84 bits per heavy atom. The molecule has 2 aromatic carbocycles. The number of halogens is 1. The second kappa shape index (κ2) is 8.43. The maximum Gasteiger partial charge on any atom is 0.338 e. The summed E-state index contributed by atoms with van der Waals surface area (Å²) in [5, 5.41) is 2.56. The summed E-state index contributed by atoms with van der Waals surface area (Å²) in [6, 6.07) is 11.3. The van der Waals surface area contributed by atoms with E-state index in [4.69, 9.17) is 9.47 Å². The van der Waals surface area contributed by atoms with E-state index in [2.05, 4.69) is 21.2 Å². The highest BCUT2D eigenvalue weighted by Crippen LogP contribution is 2.25. The van der Waals surface area contributed by atoms with Crippen LogP contribution in [0.15, 0.2) is 46.9 Å². The zero-order valence-electron chi connectivity index (χ0n) is 13.7. The van der Waals surface area contributed by atoms with Gasteiger partial charge in [0, 0.05) is 5.56 Å². The van der Waals surface area contributed by atoms with Gasteiger partial charge in [-0.3, -0.25) is 9.59 Å². The summed E-state index contributed by atoms with van der Waals surface area (Å²) >= 11 is 3.28. The Bertz CT molecular complexity index is 819. The number of amides is 1. The quantitative estimate of drug-likeness (QED) is 0.587. The average Bonchev–Trinajstić information content (AvgIpc) is 2.59. The van der Waals surface area contributed by atoms with Crippen LogP contribution in [-0.4, -0.2) is 31.4 Å². The zero-order valence-corrected chi connectivity index (χ0v) is 15.3. The van der Waals surface area contributed by atoms with Crippen LogP contribution in [0.4, 0.5) is 5.69 Å². The second-order valence-corrected chi connectivity index (χ2v) is 5.93. The van der Waals surface area contributed by atoms with Crippen molar-refractivity contribution in [2.24, 2.45) is 0 Å². The number of methoxy groups -OCH3 is 1. The number of esters is 1. The highest BCUT2D eigenvalue weighted by molar-refractivity contribution is 9.10. The normalized spacial score (nSPS) is 10.0. The van der Waals surface area contributed by atoms with Crippen molar-refractivity contribution in [3.8, 4) is 5.75 Å². The molecule has 0 aliphatic heterocycles. The van der Waals surface area contributed by atoms with Gasteiger partial charge in [0.15, 0.2) is 12.4 Å². The number of para-hydroxylation sites is 1. The summed E-state index contributed by atoms with van der Waals surface area (Å²) in [5.74, 6) is -0.765.